The molecule has 1 heterocycles. The zero-order chi connectivity index (χ0) is 18.5. The molecule has 1 unspecified atom stereocenters. The van der Waals surface area contributed by atoms with E-state index in [4.69, 9.17) is 4.74 Å². The second-order valence-corrected chi connectivity index (χ2v) is 6.25. The Bertz CT molecular complexity index is 941. The molecule has 136 valence electrons. The zero-order valence-corrected chi connectivity index (χ0v) is 15.0. The van der Waals surface area contributed by atoms with Gasteiger partial charge in [0, 0.05) is 6.42 Å². The predicted octanol–water partition coefficient (Wildman–Crippen LogP) is 3.06. The van der Waals surface area contributed by atoms with Crippen molar-refractivity contribution in [1.29, 1.82) is 0 Å². The molecular formula is C20H23N3O3. The highest BCUT2D eigenvalue weighted by Crippen LogP contribution is 2.18. The number of amides is 1. The van der Waals surface area contributed by atoms with Crippen LogP contribution in [-0.2, 0) is 11.2 Å². The minimum Gasteiger partial charge on any atom is -0.494 e. The Kier molecular flexibility index (Phi) is 5.41. The Hall–Kier alpha value is -3.02. The molecule has 0 radical (unpaired) electrons. The lowest BCUT2D eigenvalue weighted by Gasteiger charge is -2.14. The highest BCUT2D eigenvalue weighted by molar-refractivity contribution is 5.78. The summed E-state index contributed by atoms with van der Waals surface area (Å²) in [6.45, 7) is 4.52. The van der Waals surface area contributed by atoms with Gasteiger partial charge in [-0.2, -0.15) is 0 Å². The second-order valence-electron chi connectivity index (χ2n) is 6.25. The third-order valence-corrected chi connectivity index (χ3v) is 4.29. The van der Waals surface area contributed by atoms with Gasteiger partial charge in [-0.25, -0.2) is 4.79 Å². The normalized spacial score (nSPS) is 12.1. The molecule has 0 aliphatic rings. The molecule has 1 atom stereocenters. The average Bonchev–Trinajstić information content (AvgIpc) is 3.00. The van der Waals surface area contributed by atoms with E-state index >= 15 is 0 Å². The topological polar surface area (TPSA) is 87.0 Å². The average molecular weight is 353 g/mol. The Morgan fingerprint density at radius 1 is 1.12 bits per heavy atom. The third-order valence-electron chi connectivity index (χ3n) is 4.29. The lowest BCUT2D eigenvalue weighted by Crippen LogP contribution is -2.26. The number of aryl methyl sites for hydroxylation is 1. The van der Waals surface area contributed by atoms with Crippen molar-refractivity contribution in [3.8, 4) is 5.75 Å². The Balaban J connectivity index is 1.55. The Morgan fingerprint density at radius 3 is 2.58 bits per heavy atom. The van der Waals surface area contributed by atoms with Crippen LogP contribution in [0.2, 0.25) is 0 Å². The number of aromatic amines is 2. The summed E-state index contributed by atoms with van der Waals surface area (Å²) in [5.74, 6) is 0.835. The van der Waals surface area contributed by atoms with E-state index in [9.17, 15) is 9.59 Å². The summed E-state index contributed by atoms with van der Waals surface area (Å²) in [6, 6.07) is 13.3. The minimum absolute atomic E-state index is 0.00552. The van der Waals surface area contributed by atoms with Gasteiger partial charge in [0.05, 0.1) is 23.7 Å². The number of aromatic nitrogens is 2. The predicted molar refractivity (Wildman–Crippen MR) is 101 cm³/mol. The van der Waals surface area contributed by atoms with Gasteiger partial charge >= 0.3 is 5.69 Å². The number of hydrogen-bond acceptors (Lipinski definition) is 3. The fourth-order valence-corrected chi connectivity index (χ4v) is 2.89. The van der Waals surface area contributed by atoms with Crippen LogP contribution in [0.1, 0.15) is 37.4 Å². The SMILES string of the molecule is CCOc1ccc(CCC(=O)NC(C)c2ccc3[nH]c(=O)[nH]c3c2)cc1. The summed E-state index contributed by atoms with van der Waals surface area (Å²) < 4.78 is 5.42. The summed E-state index contributed by atoms with van der Waals surface area (Å²) in [5.41, 5.74) is 3.31. The van der Waals surface area contributed by atoms with Crippen LogP contribution in [0.15, 0.2) is 47.3 Å². The first-order chi connectivity index (χ1) is 12.5. The van der Waals surface area contributed by atoms with Crippen molar-refractivity contribution in [3.63, 3.8) is 0 Å². The largest absolute Gasteiger partial charge is 0.494 e. The van der Waals surface area contributed by atoms with Crippen molar-refractivity contribution in [2.24, 2.45) is 0 Å². The van der Waals surface area contributed by atoms with Crippen molar-refractivity contribution >= 4 is 16.9 Å². The van der Waals surface area contributed by atoms with Gasteiger partial charge in [0.1, 0.15) is 5.75 Å². The molecule has 2 aromatic carbocycles. The van der Waals surface area contributed by atoms with Crippen LogP contribution in [0.4, 0.5) is 0 Å². The molecule has 6 nitrogen and oxygen atoms in total. The van der Waals surface area contributed by atoms with E-state index in [0.29, 0.717) is 19.4 Å². The summed E-state index contributed by atoms with van der Waals surface area (Å²) in [7, 11) is 0. The fourth-order valence-electron chi connectivity index (χ4n) is 2.89. The van der Waals surface area contributed by atoms with E-state index in [0.717, 1.165) is 27.9 Å². The van der Waals surface area contributed by atoms with E-state index in [1.54, 1.807) is 0 Å². The fraction of sp³-hybridized carbons (Fsp3) is 0.300. The van der Waals surface area contributed by atoms with Gasteiger partial charge in [-0.1, -0.05) is 18.2 Å². The van der Waals surface area contributed by atoms with Gasteiger partial charge in [0.25, 0.3) is 0 Å². The molecule has 3 rings (SSSR count). The van der Waals surface area contributed by atoms with Crippen molar-refractivity contribution in [2.45, 2.75) is 32.7 Å². The van der Waals surface area contributed by atoms with Gasteiger partial charge in [0.2, 0.25) is 5.91 Å². The minimum atomic E-state index is -0.232. The summed E-state index contributed by atoms with van der Waals surface area (Å²) in [5, 5.41) is 3.00. The molecular weight excluding hydrogens is 330 g/mol. The van der Waals surface area contributed by atoms with Gasteiger partial charge in [0.15, 0.2) is 0 Å². The molecule has 1 aromatic heterocycles. The number of H-pyrrole nitrogens is 2. The van der Waals surface area contributed by atoms with Crippen LogP contribution in [-0.4, -0.2) is 22.5 Å². The van der Waals surface area contributed by atoms with Crippen molar-refractivity contribution < 1.29 is 9.53 Å². The van der Waals surface area contributed by atoms with Gasteiger partial charge < -0.3 is 20.0 Å². The number of ether oxygens (including phenoxy) is 1. The molecule has 3 aromatic rings. The lowest BCUT2D eigenvalue weighted by atomic mass is 10.1. The monoisotopic (exact) mass is 353 g/mol. The lowest BCUT2D eigenvalue weighted by molar-refractivity contribution is -0.121. The molecule has 26 heavy (non-hydrogen) atoms. The van der Waals surface area contributed by atoms with Crippen LogP contribution in [0.3, 0.4) is 0 Å². The maximum atomic E-state index is 12.2. The zero-order valence-electron chi connectivity index (χ0n) is 15.0. The van der Waals surface area contributed by atoms with Crippen LogP contribution in [0.25, 0.3) is 11.0 Å². The van der Waals surface area contributed by atoms with E-state index in [1.807, 2.05) is 56.3 Å². The number of benzene rings is 2. The standard InChI is InChI=1S/C20H23N3O3/c1-3-26-16-8-4-14(5-9-16)6-11-19(24)21-13(2)15-7-10-17-18(12-15)23-20(25)22-17/h4-5,7-10,12-13H,3,6,11H2,1-2H3,(H,21,24)(H2,22,23,25). The Labute approximate surface area is 151 Å². The van der Waals surface area contributed by atoms with E-state index < -0.39 is 0 Å². The molecule has 0 bridgehead atoms. The molecule has 0 saturated carbocycles. The molecule has 6 heteroatoms. The van der Waals surface area contributed by atoms with Crippen LogP contribution in [0, 0.1) is 0 Å². The summed E-state index contributed by atoms with van der Waals surface area (Å²) in [4.78, 5) is 29.0. The maximum Gasteiger partial charge on any atom is 0.323 e. The second kappa shape index (κ2) is 7.91. The first kappa shape index (κ1) is 17.8. The molecule has 1 amide bonds. The number of hydrogen-bond donors (Lipinski definition) is 3. The molecule has 0 aliphatic heterocycles. The van der Waals surface area contributed by atoms with E-state index in [-0.39, 0.29) is 17.6 Å². The highest BCUT2D eigenvalue weighted by Gasteiger charge is 2.11. The van der Waals surface area contributed by atoms with E-state index in [1.165, 1.54) is 0 Å². The highest BCUT2D eigenvalue weighted by atomic mass is 16.5. The maximum absolute atomic E-state index is 12.2. The smallest absolute Gasteiger partial charge is 0.323 e. The summed E-state index contributed by atoms with van der Waals surface area (Å²) in [6.07, 6.45) is 1.09. The van der Waals surface area contributed by atoms with Crippen molar-refractivity contribution in [2.75, 3.05) is 6.61 Å². The summed E-state index contributed by atoms with van der Waals surface area (Å²) >= 11 is 0. The van der Waals surface area contributed by atoms with Crippen molar-refractivity contribution in [3.05, 3.63) is 64.1 Å². The van der Waals surface area contributed by atoms with Gasteiger partial charge in [-0.3, -0.25) is 4.79 Å². The van der Waals surface area contributed by atoms with Crippen LogP contribution < -0.4 is 15.7 Å². The third kappa shape index (κ3) is 4.33. The molecule has 0 fully saturated rings. The van der Waals surface area contributed by atoms with Crippen LogP contribution in [0.5, 0.6) is 5.75 Å². The number of imidazole rings is 1. The molecule has 0 spiro atoms. The molecule has 0 saturated heterocycles. The molecule has 0 aliphatic carbocycles. The van der Waals surface area contributed by atoms with Crippen molar-refractivity contribution in [1.82, 2.24) is 15.3 Å². The number of carbonyl (C=O) groups excluding carboxylic acids is 1. The number of rotatable bonds is 7. The number of fused-ring (bicyclic) bond motifs is 1. The van der Waals surface area contributed by atoms with Crippen LogP contribution >= 0.6 is 0 Å². The van der Waals surface area contributed by atoms with Gasteiger partial charge in [-0.15, -0.1) is 0 Å². The van der Waals surface area contributed by atoms with Gasteiger partial charge in [-0.05, 0) is 55.7 Å². The van der Waals surface area contributed by atoms with E-state index in [2.05, 4.69) is 15.3 Å². The first-order valence-corrected chi connectivity index (χ1v) is 8.78. The quantitative estimate of drug-likeness (QED) is 0.610. The first-order valence-electron chi connectivity index (χ1n) is 8.78. The Morgan fingerprint density at radius 2 is 1.85 bits per heavy atom. The number of carbonyl (C=O) groups is 1. The number of nitrogens with one attached hydrogen (secondary N) is 3. The molecule has 3 N–H and O–H groups in total.